The van der Waals surface area contributed by atoms with E-state index in [9.17, 15) is 228 Å². The minimum Gasteiger partial charge on any atom is -1.00 e. The summed E-state index contributed by atoms with van der Waals surface area (Å²) in [5.74, 6) is -151. The maximum atomic E-state index is 14.3. The molecule has 0 saturated carbocycles. The van der Waals surface area contributed by atoms with Gasteiger partial charge in [-0.2, -0.15) is 228 Å². The Balaban J connectivity index is 0.000000827. The third kappa shape index (κ3) is 20.5. The van der Waals surface area contributed by atoms with Gasteiger partial charge in [-0.05, 0) is 95.6 Å². The van der Waals surface area contributed by atoms with Gasteiger partial charge >= 0.3 is 164 Å². The van der Waals surface area contributed by atoms with E-state index >= 15 is 0 Å². The van der Waals surface area contributed by atoms with E-state index in [4.69, 9.17) is 0 Å². The van der Waals surface area contributed by atoms with Crippen LogP contribution < -0.4 is 56.6 Å². The number of hydrogen-bond donors (Lipinski definition) is 0. The van der Waals surface area contributed by atoms with Crippen molar-refractivity contribution in [3.05, 3.63) is 180 Å². The maximum Gasteiger partial charge on any atom is 2.00 e. The molecule has 0 aliphatic heterocycles. The maximum absolute atomic E-state index is 14.3. The molecule has 0 unspecified atom stereocenters. The number of benzene rings is 6. The van der Waals surface area contributed by atoms with E-state index in [0.717, 1.165) is 97.1 Å². The van der Waals surface area contributed by atoms with Gasteiger partial charge in [-0.1, -0.05) is 158 Å². The zero-order chi connectivity index (χ0) is 95.0. The van der Waals surface area contributed by atoms with Crippen LogP contribution in [-0.2, 0) is 46.7 Å². The molecule has 6 aromatic rings. The Hall–Kier alpha value is -6.19. The van der Waals surface area contributed by atoms with Gasteiger partial charge in [0.1, 0.15) is 0 Å². The largest absolute Gasteiger partial charge is 2.00 e. The molecule has 125 heavy (non-hydrogen) atoms. The molecular formula is C68H42Cl2F52P2Pt. The fourth-order valence-corrected chi connectivity index (χ4v) is 14.9. The van der Waals surface area contributed by atoms with Crippen LogP contribution in [-0.4, -0.2) is 143 Å². The van der Waals surface area contributed by atoms with Crippen molar-refractivity contribution in [2.24, 2.45) is 0 Å². The quantitative estimate of drug-likeness (QED) is 0.0279. The summed E-state index contributed by atoms with van der Waals surface area (Å²) in [7, 11) is -3.80. The molecule has 0 N–H and O–H groups in total. The van der Waals surface area contributed by atoms with E-state index in [-0.39, 0.29) is 67.1 Å². The van der Waals surface area contributed by atoms with Crippen LogP contribution in [0.25, 0.3) is 0 Å². The summed E-state index contributed by atoms with van der Waals surface area (Å²) >= 11 is 0. The first-order chi connectivity index (χ1) is 54.2. The van der Waals surface area contributed by atoms with Crippen molar-refractivity contribution in [3.8, 4) is 0 Å². The number of halogens is 54. The zero-order valence-electron chi connectivity index (χ0n) is 59.3. The van der Waals surface area contributed by atoms with Crippen LogP contribution in [0.3, 0.4) is 0 Å². The fraction of sp³-hybridized carbons (Fsp3) is 0.471. The van der Waals surface area contributed by atoms with Gasteiger partial charge in [-0.25, -0.2) is 0 Å². The minimum atomic E-state index is -8.08. The smallest absolute Gasteiger partial charge is 1.00 e. The predicted octanol–water partition coefficient (Wildman–Crippen LogP) is 19.6. The molecule has 6 rings (SSSR count). The summed E-state index contributed by atoms with van der Waals surface area (Å²) in [5.41, 5.74) is -1.85. The molecule has 0 atom stereocenters. The Morgan fingerprint density at radius 1 is 0.152 bits per heavy atom. The number of aryl methyl sites for hydroxylation is 4. The summed E-state index contributed by atoms with van der Waals surface area (Å²) in [5, 5.41) is 1.43. The van der Waals surface area contributed by atoms with E-state index in [1.807, 2.05) is 0 Å². The van der Waals surface area contributed by atoms with Gasteiger partial charge in [0.25, 0.3) is 0 Å². The topological polar surface area (TPSA) is 0 Å². The van der Waals surface area contributed by atoms with Crippen molar-refractivity contribution in [1.29, 1.82) is 0 Å². The first-order valence-corrected chi connectivity index (χ1v) is 34.8. The first-order valence-electron chi connectivity index (χ1n) is 32.1. The molecule has 0 nitrogen and oxygen atoms in total. The van der Waals surface area contributed by atoms with Crippen LogP contribution in [0.1, 0.15) is 47.9 Å². The molecule has 0 radical (unpaired) electrons. The normalized spacial score (nSPS) is 14.8. The second-order valence-corrected chi connectivity index (χ2v) is 30.4. The molecule has 0 amide bonds. The minimum absolute atomic E-state index is 0. The average molecular weight is 2170 g/mol. The molecule has 0 bridgehead atoms. The molecule has 0 aliphatic carbocycles. The van der Waals surface area contributed by atoms with Gasteiger partial charge in [0.15, 0.2) is 0 Å². The molecular weight excluding hydrogens is 2130 g/mol. The summed E-state index contributed by atoms with van der Waals surface area (Å²) < 4.78 is 700. The molecule has 712 valence electrons. The van der Waals surface area contributed by atoms with Gasteiger partial charge < -0.3 is 24.8 Å². The van der Waals surface area contributed by atoms with Gasteiger partial charge in [-0.3, -0.25) is 0 Å². The second kappa shape index (κ2) is 37.2. The van der Waals surface area contributed by atoms with Crippen LogP contribution in [0.2, 0.25) is 0 Å². The van der Waals surface area contributed by atoms with Gasteiger partial charge in [-0.15, -0.1) is 0 Å². The van der Waals surface area contributed by atoms with Gasteiger partial charge in [0.2, 0.25) is 0 Å². The summed E-state index contributed by atoms with van der Waals surface area (Å²) in [6, 6.07) is 30.1. The summed E-state index contributed by atoms with van der Waals surface area (Å²) in [6.07, 6.45) is -46.1. The molecule has 0 aliphatic rings. The first kappa shape index (κ1) is 115. The summed E-state index contributed by atoms with van der Waals surface area (Å²) in [6.45, 7) is 0. The van der Waals surface area contributed by atoms with Crippen LogP contribution in [0.5, 0.6) is 0 Å². The van der Waals surface area contributed by atoms with Crippen molar-refractivity contribution >= 4 is 47.7 Å². The monoisotopic (exact) mass is 2170 g/mol. The molecule has 0 fully saturated rings. The van der Waals surface area contributed by atoms with Gasteiger partial charge in [0.05, 0.1) is 0 Å². The molecule has 0 heterocycles. The van der Waals surface area contributed by atoms with Crippen LogP contribution >= 0.6 is 15.8 Å². The molecule has 0 spiro atoms. The van der Waals surface area contributed by atoms with E-state index in [1.165, 1.54) is 60.7 Å². The number of rotatable bonds is 34. The van der Waals surface area contributed by atoms with E-state index in [2.05, 4.69) is 0 Å². The van der Waals surface area contributed by atoms with E-state index in [0.29, 0.717) is 10.6 Å². The van der Waals surface area contributed by atoms with Crippen LogP contribution in [0.15, 0.2) is 158 Å². The van der Waals surface area contributed by atoms with Crippen LogP contribution in [0, 0.1) is 0 Å². The molecule has 0 aromatic heterocycles. The van der Waals surface area contributed by atoms with E-state index < -0.39 is 233 Å². The van der Waals surface area contributed by atoms with Crippen molar-refractivity contribution in [1.82, 2.24) is 0 Å². The van der Waals surface area contributed by atoms with Crippen molar-refractivity contribution in [3.63, 3.8) is 0 Å². The van der Waals surface area contributed by atoms with E-state index in [1.54, 1.807) is 0 Å². The van der Waals surface area contributed by atoms with Crippen LogP contribution in [0.4, 0.5) is 228 Å². The molecule has 57 heteroatoms. The number of alkyl halides is 52. The average Bonchev–Trinajstić information content (AvgIpc) is 0.724. The van der Waals surface area contributed by atoms with Gasteiger partial charge in [0, 0.05) is 25.7 Å². The second-order valence-electron chi connectivity index (χ2n) is 26.0. The summed E-state index contributed by atoms with van der Waals surface area (Å²) in [4.78, 5) is 0. The number of hydrogen-bond acceptors (Lipinski definition) is 0. The van der Waals surface area contributed by atoms with Crippen molar-refractivity contribution in [2.75, 3.05) is 0 Å². The Morgan fingerprint density at radius 3 is 0.400 bits per heavy atom. The standard InChI is InChI=1S/2C34H21F26P.2ClH.Pt/c2*35-23(36,25(39,40)27(43,44)29(47,48)31(51,52)33(55,56)57)16-14-18-6-10-21(11-7-18)61(20-4-2-1-3-5-20)22-12-8-19(9-13-22)15-17-24(37,38)26(41,42)28(45,46)30(49,50)32(53,54)34(58,59)60;;;/h2*1-13H,14-17H2;2*1H;/q;;;;+2/p-2. The molecule has 0 saturated heterocycles. The third-order valence-corrected chi connectivity index (χ3v) is 22.6. The van der Waals surface area contributed by atoms with Crippen molar-refractivity contribution in [2.45, 2.75) is 195 Å². The SMILES string of the molecule is FC(F)(F)C(F)(F)C(F)(F)C(F)(F)C(F)(F)C(F)(F)CCc1ccc(P(c2ccccc2)c2ccc(CCC(F)(F)C(F)(F)C(F)(F)C(F)(F)C(F)(F)C(F)(F)F)cc2)cc1.FC(F)(F)C(F)(F)C(F)(F)C(F)(F)C(F)(F)C(F)(F)CCc1ccc(P(c2ccccc2)c2ccc(CCC(F)(F)C(F)(F)C(F)(F)C(F)(F)C(F)(F)C(F)(F)F)cc2)cc1.[Cl-].[Cl-].[Pt+2]. The predicted molar refractivity (Wildman–Crippen MR) is 327 cm³/mol. The van der Waals surface area contributed by atoms with Crippen molar-refractivity contribution < 1.29 is 274 Å². The molecule has 6 aromatic carbocycles. The Bertz CT molecular complexity index is 3920. The fourth-order valence-electron chi connectivity index (χ4n) is 10.3. The zero-order valence-corrected chi connectivity index (χ0v) is 64.9. The Morgan fingerprint density at radius 2 is 0.272 bits per heavy atom. The Kier molecular flexibility index (Phi) is 34.2. The third-order valence-electron chi connectivity index (χ3n) is 17.7. The Labute approximate surface area is 694 Å².